The summed E-state index contributed by atoms with van der Waals surface area (Å²) in [4.78, 5) is 22.7. The Labute approximate surface area is 167 Å². The number of likely N-dealkylation sites (N-methyl/N-ethyl adjacent to an activating group) is 1. The highest BCUT2D eigenvalue weighted by Crippen LogP contribution is 2.45. The number of carbonyl (C=O) groups excluding carboxylic acids is 1. The van der Waals surface area contributed by atoms with Crippen LogP contribution in [0.2, 0.25) is 0 Å². The zero-order valence-electron chi connectivity index (χ0n) is 15.9. The molecule has 142 valence electrons. The van der Waals surface area contributed by atoms with Gasteiger partial charge in [-0.3, -0.25) is 9.69 Å². The van der Waals surface area contributed by atoms with Gasteiger partial charge < -0.3 is 10.2 Å². The van der Waals surface area contributed by atoms with Crippen molar-refractivity contribution in [1.29, 1.82) is 0 Å². The van der Waals surface area contributed by atoms with E-state index in [2.05, 4.69) is 41.3 Å². The molecule has 27 heavy (non-hydrogen) atoms. The molecule has 0 radical (unpaired) electrons. The van der Waals surface area contributed by atoms with Gasteiger partial charge >= 0.3 is 0 Å². The standard InChI is InChI=1S/C20H24N4OS2/c1-13(25)21-19-18(20-22-15-6-4-5-7-16(15)26-20)14-8-9-24(11-10-23(2)3)12-17(14)27-19/h4-7H,8-12H2,1-3H3,(H,21,25). The predicted molar refractivity (Wildman–Crippen MR) is 115 cm³/mol. The minimum atomic E-state index is -0.0274. The van der Waals surface area contributed by atoms with Crippen molar-refractivity contribution in [2.45, 2.75) is 19.9 Å². The van der Waals surface area contributed by atoms with Gasteiger partial charge in [0.25, 0.3) is 0 Å². The molecule has 4 rings (SSSR count). The summed E-state index contributed by atoms with van der Waals surface area (Å²) in [5.74, 6) is -0.0274. The molecule has 0 unspecified atom stereocenters. The molecule has 0 aliphatic carbocycles. The van der Waals surface area contributed by atoms with Gasteiger partial charge in [0.1, 0.15) is 10.0 Å². The molecule has 1 amide bonds. The molecule has 1 aliphatic heterocycles. The first-order chi connectivity index (χ1) is 13.0. The normalized spacial score (nSPS) is 14.7. The Morgan fingerprint density at radius 3 is 2.85 bits per heavy atom. The van der Waals surface area contributed by atoms with Gasteiger partial charge in [-0.15, -0.1) is 22.7 Å². The first-order valence-electron chi connectivity index (χ1n) is 9.16. The summed E-state index contributed by atoms with van der Waals surface area (Å²) in [7, 11) is 4.22. The number of carbonyl (C=O) groups is 1. The van der Waals surface area contributed by atoms with Crippen molar-refractivity contribution in [1.82, 2.24) is 14.8 Å². The lowest BCUT2D eigenvalue weighted by atomic mass is 10.0. The number of nitrogens with zero attached hydrogens (tertiary/aromatic N) is 3. The largest absolute Gasteiger partial charge is 0.317 e. The average Bonchev–Trinajstić information content (AvgIpc) is 3.18. The van der Waals surface area contributed by atoms with Crippen LogP contribution < -0.4 is 5.32 Å². The van der Waals surface area contributed by atoms with Crippen LogP contribution in [0.1, 0.15) is 17.4 Å². The summed E-state index contributed by atoms with van der Waals surface area (Å²) < 4.78 is 1.18. The Morgan fingerprint density at radius 2 is 2.11 bits per heavy atom. The van der Waals surface area contributed by atoms with Crippen LogP contribution in [-0.2, 0) is 17.8 Å². The van der Waals surface area contributed by atoms with E-state index in [1.54, 1.807) is 29.6 Å². The first-order valence-corrected chi connectivity index (χ1v) is 10.8. The maximum atomic E-state index is 11.8. The number of thiazole rings is 1. The molecular weight excluding hydrogens is 376 g/mol. The summed E-state index contributed by atoms with van der Waals surface area (Å²) in [6.45, 7) is 5.70. The van der Waals surface area contributed by atoms with E-state index in [1.807, 2.05) is 12.1 Å². The van der Waals surface area contributed by atoms with E-state index in [0.29, 0.717) is 0 Å². The summed E-state index contributed by atoms with van der Waals surface area (Å²) in [6, 6.07) is 8.22. The maximum Gasteiger partial charge on any atom is 0.221 e. The van der Waals surface area contributed by atoms with Crippen LogP contribution >= 0.6 is 22.7 Å². The summed E-state index contributed by atoms with van der Waals surface area (Å²) in [5.41, 5.74) is 3.53. The molecule has 3 aromatic rings. The lowest BCUT2D eigenvalue weighted by molar-refractivity contribution is -0.114. The van der Waals surface area contributed by atoms with Crippen LogP contribution in [0.3, 0.4) is 0 Å². The molecule has 1 aliphatic rings. The number of para-hydroxylation sites is 1. The van der Waals surface area contributed by atoms with E-state index in [0.717, 1.165) is 53.7 Å². The summed E-state index contributed by atoms with van der Waals surface area (Å²) in [6.07, 6.45) is 1.00. The second kappa shape index (κ2) is 7.67. The number of rotatable bonds is 5. The molecular formula is C20H24N4OS2. The number of anilines is 1. The third-order valence-corrected chi connectivity index (χ3v) is 6.98. The molecule has 3 heterocycles. The van der Waals surface area contributed by atoms with Crippen molar-refractivity contribution in [3.63, 3.8) is 0 Å². The minimum Gasteiger partial charge on any atom is -0.317 e. The number of fused-ring (bicyclic) bond motifs is 2. The fraction of sp³-hybridized carbons (Fsp3) is 0.400. The molecule has 0 atom stereocenters. The molecule has 5 nitrogen and oxygen atoms in total. The van der Waals surface area contributed by atoms with Crippen LogP contribution in [0.25, 0.3) is 20.8 Å². The van der Waals surface area contributed by atoms with Crippen molar-refractivity contribution < 1.29 is 4.79 Å². The lowest BCUT2D eigenvalue weighted by Crippen LogP contribution is -2.35. The van der Waals surface area contributed by atoms with E-state index in [4.69, 9.17) is 4.98 Å². The average molecular weight is 401 g/mol. The smallest absolute Gasteiger partial charge is 0.221 e. The molecule has 1 aromatic carbocycles. The number of hydrogen-bond donors (Lipinski definition) is 1. The number of aromatic nitrogens is 1. The Kier molecular flexibility index (Phi) is 5.27. The van der Waals surface area contributed by atoms with E-state index >= 15 is 0 Å². The Bertz CT molecular complexity index is 943. The van der Waals surface area contributed by atoms with Crippen molar-refractivity contribution in [2.75, 3.05) is 39.0 Å². The molecule has 0 bridgehead atoms. The fourth-order valence-corrected chi connectivity index (χ4v) is 5.89. The van der Waals surface area contributed by atoms with Gasteiger partial charge in [0.15, 0.2) is 0 Å². The van der Waals surface area contributed by atoms with Gasteiger partial charge in [0.05, 0.1) is 10.2 Å². The van der Waals surface area contributed by atoms with Crippen molar-refractivity contribution in [2.24, 2.45) is 0 Å². The van der Waals surface area contributed by atoms with Gasteiger partial charge in [-0.1, -0.05) is 12.1 Å². The predicted octanol–water partition coefficient (Wildman–Crippen LogP) is 3.90. The van der Waals surface area contributed by atoms with E-state index in [1.165, 1.54) is 15.1 Å². The summed E-state index contributed by atoms with van der Waals surface area (Å²) >= 11 is 3.42. The van der Waals surface area contributed by atoms with Crippen LogP contribution in [0.4, 0.5) is 5.00 Å². The number of amides is 1. The molecule has 0 fully saturated rings. The third kappa shape index (κ3) is 3.91. The Balaban J connectivity index is 1.71. The number of benzene rings is 1. The number of hydrogen-bond acceptors (Lipinski definition) is 6. The van der Waals surface area contributed by atoms with Gasteiger partial charge in [0.2, 0.25) is 5.91 Å². The van der Waals surface area contributed by atoms with Crippen molar-refractivity contribution in [3.8, 4) is 10.6 Å². The first kappa shape index (κ1) is 18.6. The summed E-state index contributed by atoms with van der Waals surface area (Å²) in [5, 5.41) is 5.02. The molecule has 0 spiro atoms. The Hall–Kier alpha value is -1.80. The van der Waals surface area contributed by atoms with Gasteiger partial charge in [0, 0.05) is 43.5 Å². The highest BCUT2D eigenvalue weighted by Gasteiger charge is 2.27. The van der Waals surface area contributed by atoms with Crippen molar-refractivity contribution >= 4 is 43.8 Å². The minimum absolute atomic E-state index is 0.0274. The van der Waals surface area contributed by atoms with E-state index < -0.39 is 0 Å². The van der Waals surface area contributed by atoms with Gasteiger partial charge in [-0.2, -0.15) is 0 Å². The lowest BCUT2D eigenvalue weighted by Gasteiger charge is -2.28. The zero-order valence-corrected chi connectivity index (χ0v) is 17.5. The highest BCUT2D eigenvalue weighted by molar-refractivity contribution is 7.22. The monoisotopic (exact) mass is 400 g/mol. The topological polar surface area (TPSA) is 48.5 Å². The molecule has 0 saturated carbocycles. The van der Waals surface area contributed by atoms with Gasteiger partial charge in [-0.05, 0) is 38.2 Å². The van der Waals surface area contributed by atoms with Crippen LogP contribution in [-0.4, -0.2) is 54.4 Å². The number of nitrogens with one attached hydrogen (secondary N) is 1. The molecule has 7 heteroatoms. The maximum absolute atomic E-state index is 11.8. The molecule has 2 aromatic heterocycles. The molecule has 0 saturated heterocycles. The second-order valence-electron chi connectivity index (χ2n) is 7.21. The number of thiophene rings is 1. The highest BCUT2D eigenvalue weighted by atomic mass is 32.1. The fourth-order valence-electron chi connectivity index (χ4n) is 3.44. The Morgan fingerprint density at radius 1 is 1.30 bits per heavy atom. The van der Waals surface area contributed by atoms with Gasteiger partial charge in [-0.25, -0.2) is 4.98 Å². The van der Waals surface area contributed by atoms with Crippen LogP contribution in [0.5, 0.6) is 0 Å². The van der Waals surface area contributed by atoms with Crippen LogP contribution in [0.15, 0.2) is 24.3 Å². The third-order valence-electron chi connectivity index (χ3n) is 4.80. The SMILES string of the molecule is CC(=O)Nc1sc2c(c1-c1nc3ccccc3s1)CCN(CCN(C)C)C2. The van der Waals surface area contributed by atoms with Crippen molar-refractivity contribution in [3.05, 3.63) is 34.7 Å². The van der Waals surface area contributed by atoms with E-state index in [9.17, 15) is 4.79 Å². The zero-order chi connectivity index (χ0) is 19.0. The molecule has 1 N–H and O–H groups in total. The second-order valence-corrected chi connectivity index (χ2v) is 9.34. The van der Waals surface area contributed by atoms with Crippen LogP contribution in [0, 0.1) is 0 Å². The quantitative estimate of drug-likeness (QED) is 0.706. The van der Waals surface area contributed by atoms with E-state index in [-0.39, 0.29) is 5.91 Å².